The summed E-state index contributed by atoms with van der Waals surface area (Å²) in [6.45, 7) is 6.12. The Balaban J connectivity index is 0. The summed E-state index contributed by atoms with van der Waals surface area (Å²) in [5, 5.41) is 5.22. The molecule has 1 aromatic rings. The van der Waals surface area contributed by atoms with Gasteiger partial charge in [-0.3, -0.25) is 9.59 Å². The van der Waals surface area contributed by atoms with Crippen LogP contribution in [0.3, 0.4) is 0 Å². The molecule has 132 valence electrons. The van der Waals surface area contributed by atoms with Gasteiger partial charge in [0.05, 0.1) is 13.1 Å². The zero-order valence-electron chi connectivity index (χ0n) is 13.5. The van der Waals surface area contributed by atoms with E-state index in [2.05, 4.69) is 41.5 Å². The minimum absolute atomic E-state index is 0. The van der Waals surface area contributed by atoms with Crippen molar-refractivity contribution >= 4 is 42.3 Å². The second-order valence-electron chi connectivity index (χ2n) is 4.70. The van der Waals surface area contributed by atoms with E-state index >= 15 is 0 Å². The van der Waals surface area contributed by atoms with Gasteiger partial charge in [-0.05, 0) is 25.5 Å². The average molecular weight is 365 g/mol. The maximum atomic E-state index is 11.6. The zero-order chi connectivity index (χ0) is 15.7. The molecule has 0 saturated heterocycles. The number of hydrogen-bond donors (Lipinski definition) is 3. The first-order chi connectivity index (χ1) is 10.1. The SMILES string of the molecule is CCN(CCNC(=O)CNC(=O)CN)c1ccccc1C.Cl.Cl. The number of amides is 2. The van der Waals surface area contributed by atoms with Crippen molar-refractivity contribution in [3.63, 3.8) is 0 Å². The molecule has 0 fully saturated rings. The van der Waals surface area contributed by atoms with Crippen LogP contribution >= 0.6 is 24.8 Å². The molecular formula is C15H26Cl2N4O2. The van der Waals surface area contributed by atoms with Gasteiger partial charge in [-0.2, -0.15) is 0 Å². The van der Waals surface area contributed by atoms with Crippen LogP contribution in [0.1, 0.15) is 12.5 Å². The number of carbonyl (C=O) groups excluding carboxylic acids is 2. The maximum absolute atomic E-state index is 11.6. The van der Waals surface area contributed by atoms with E-state index in [1.54, 1.807) is 0 Å². The second kappa shape index (κ2) is 13.0. The summed E-state index contributed by atoms with van der Waals surface area (Å²) in [6.07, 6.45) is 0. The Kier molecular flexibility index (Phi) is 13.4. The quantitative estimate of drug-likeness (QED) is 0.638. The van der Waals surface area contributed by atoms with Crippen molar-refractivity contribution in [2.24, 2.45) is 5.73 Å². The van der Waals surface area contributed by atoms with Crippen LogP contribution in [0.5, 0.6) is 0 Å². The number of aryl methyl sites for hydroxylation is 1. The largest absolute Gasteiger partial charge is 0.370 e. The minimum atomic E-state index is -0.333. The Hall–Kier alpha value is -1.50. The second-order valence-corrected chi connectivity index (χ2v) is 4.70. The molecule has 0 bridgehead atoms. The van der Waals surface area contributed by atoms with Gasteiger partial charge in [0, 0.05) is 25.3 Å². The van der Waals surface area contributed by atoms with E-state index in [9.17, 15) is 9.59 Å². The third-order valence-electron chi connectivity index (χ3n) is 3.17. The van der Waals surface area contributed by atoms with E-state index in [-0.39, 0.29) is 49.7 Å². The van der Waals surface area contributed by atoms with Crippen molar-refractivity contribution in [2.75, 3.05) is 37.6 Å². The monoisotopic (exact) mass is 364 g/mol. The van der Waals surface area contributed by atoms with Crippen LogP contribution in [0.2, 0.25) is 0 Å². The number of carbonyl (C=O) groups is 2. The van der Waals surface area contributed by atoms with E-state index in [1.165, 1.54) is 11.3 Å². The van der Waals surface area contributed by atoms with E-state index in [0.717, 1.165) is 13.1 Å². The third-order valence-corrected chi connectivity index (χ3v) is 3.17. The smallest absolute Gasteiger partial charge is 0.239 e. The number of nitrogens with zero attached hydrogens (tertiary/aromatic N) is 1. The highest BCUT2D eigenvalue weighted by Crippen LogP contribution is 2.18. The Labute approximate surface area is 150 Å². The van der Waals surface area contributed by atoms with Crippen molar-refractivity contribution in [3.05, 3.63) is 29.8 Å². The molecule has 6 nitrogen and oxygen atoms in total. The van der Waals surface area contributed by atoms with Crippen molar-refractivity contribution in [1.29, 1.82) is 0 Å². The van der Waals surface area contributed by atoms with Crippen LogP contribution in [-0.4, -0.2) is 44.5 Å². The van der Waals surface area contributed by atoms with Gasteiger partial charge in [-0.25, -0.2) is 0 Å². The number of hydrogen-bond acceptors (Lipinski definition) is 4. The zero-order valence-corrected chi connectivity index (χ0v) is 15.1. The molecule has 0 aliphatic carbocycles. The molecule has 0 unspecified atom stereocenters. The topological polar surface area (TPSA) is 87.5 Å². The van der Waals surface area contributed by atoms with Gasteiger partial charge in [0.2, 0.25) is 11.8 Å². The molecule has 0 aromatic heterocycles. The van der Waals surface area contributed by atoms with Crippen LogP contribution in [-0.2, 0) is 9.59 Å². The molecule has 0 saturated carbocycles. The predicted molar refractivity (Wildman–Crippen MR) is 98.6 cm³/mol. The fourth-order valence-electron chi connectivity index (χ4n) is 2.01. The van der Waals surface area contributed by atoms with Crippen molar-refractivity contribution in [3.8, 4) is 0 Å². The van der Waals surface area contributed by atoms with Gasteiger partial charge >= 0.3 is 0 Å². The summed E-state index contributed by atoms with van der Waals surface area (Å²) in [5.41, 5.74) is 7.53. The molecule has 0 atom stereocenters. The third kappa shape index (κ3) is 8.64. The van der Waals surface area contributed by atoms with Crippen LogP contribution < -0.4 is 21.3 Å². The molecule has 0 spiro atoms. The van der Waals surface area contributed by atoms with Crippen LogP contribution in [0.4, 0.5) is 5.69 Å². The lowest BCUT2D eigenvalue weighted by Gasteiger charge is -2.25. The highest BCUT2D eigenvalue weighted by atomic mass is 35.5. The number of rotatable bonds is 8. The van der Waals surface area contributed by atoms with E-state index in [4.69, 9.17) is 5.73 Å². The summed E-state index contributed by atoms with van der Waals surface area (Å²) in [4.78, 5) is 24.7. The Morgan fingerprint density at radius 1 is 1.13 bits per heavy atom. The van der Waals surface area contributed by atoms with Gasteiger partial charge in [0.1, 0.15) is 0 Å². The van der Waals surface area contributed by atoms with Crippen molar-refractivity contribution < 1.29 is 9.59 Å². The predicted octanol–water partition coefficient (Wildman–Crippen LogP) is 0.856. The molecule has 0 heterocycles. The first kappa shape index (κ1) is 23.8. The van der Waals surface area contributed by atoms with Gasteiger partial charge in [-0.1, -0.05) is 18.2 Å². The summed E-state index contributed by atoms with van der Waals surface area (Å²) < 4.78 is 0. The summed E-state index contributed by atoms with van der Waals surface area (Å²) in [7, 11) is 0. The van der Waals surface area contributed by atoms with E-state index in [0.29, 0.717) is 6.54 Å². The normalized spacial score (nSPS) is 9.17. The molecule has 2 amide bonds. The number of benzene rings is 1. The Bertz CT molecular complexity index is 486. The molecule has 0 aliphatic rings. The molecule has 1 aromatic carbocycles. The van der Waals surface area contributed by atoms with Crippen molar-refractivity contribution in [2.45, 2.75) is 13.8 Å². The highest BCUT2D eigenvalue weighted by Gasteiger charge is 2.08. The lowest BCUT2D eigenvalue weighted by molar-refractivity contribution is -0.125. The van der Waals surface area contributed by atoms with Gasteiger partial charge in [-0.15, -0.1) is 24.8 Å². The summed E-state index contributed by atoms with van der Waals surface area (Å²) >= 11 is 0. The highest BCUT2D eigenvalue weighted by molar-refractivity contribution is 5.86. The van der Waals surface area contributed by atoms with Gasteiger partial charge < -0.3 is 21.3 Å². The molecule has 1 rings (SSSR count). The standard InChI is InChI=1S/C15H24N4O2.2ClH/c1-3-19(13-7-5-4-6-12(13)2)9-8-17-15(21)11-18-14(20)10-16;;/h4-7H,3,8-11,16H2,1-2H3,(H,17,21)(H,18,20);2*1H. The van der Waals surface area contributed by atoms with Gasteiger partial charge in [0.15, 0.2) is 0 Å². The number of halogens is 2. The summed E-state index contributed by atoms with van der Waals surface area (Å²) in [5.74, 6) is -0.544. The number of nitrogens with one attached hydrogen (secondary N) is 2. The molecule has 23 heavy (non-hydrogen) atoms. The van der Waals surface area contributed by atoms with Gasteiger partial charge in [0.25, 0.3) is 0 Å². The fraction of sp³-hybridized carbons (Fsp3) is 0.467. The number of para-hydroxylation sites is 1. The maximum Gasteiger partial charge on any atom is 0.239 e. The number of likely N-dealkylation sites (N-methyl/N-ethyl adjacent to an activating group) is 1. The van der Waals surface area contributed by atoms with E-state index in [1.807, 2.05) is 12.1 Å². The lowest BCUT2D eigenvalue weighted by Crippen LogP contribution is -2.42. The number of nitrogens with two attached hydrogens (primary N) is 1. The first-order valence-corrected chi connectivity index (χ1v) is 7.12. The number of anilines is 1. The van der Waals surface area contributed by atoms with Crippen LogP contribution in [0.25, 0.3) is 0 Å². The fourth-order valence-corrected chi connectivity index (χ4v) is 2.01. The molecule has 8 heteroatoms. The minimum Gasteiger partial charge on any atom is -0.370 e. The lowest BCUT2D eigenvalue weighted by atomic mass is 10.2. The summed E-state index contributed by atoms with van der Waals surface area (Å²) in [6, 6.07) is 8.15. The first-order valence-electron chi connectivity index (χ1n) is 7.12. The van der Waals surface area contributed by atoms with Crippen LogP contribution in [0.15, 0.2) is 24.3 Å². The van der Waals surface area contributed by atoms with Crippen LogP contribution in [0, 0.1) is 6.92 Å². The van der Waals surface area contributed by atoms with E-state index < -0.39 is 0 Å². The Morgan fingerprint density at radius 2 is 1.78 bits per heavy atom. The van der Waals surface area contributed by atoms with Crippen molar-refractivity contribution in [1.82, 2.24) is 10.6 Å². The molecular weight excluding hydrogens is 339 g/mol. The average Bonchev–Trinajstić information content (AvgIpc) is 2.50. The molecule has 0 radical (unpaired) electrons. The molecule has 4 N–H and O–H groups in total. The molecule has 0 aliphatic heterocycles. The Morgan fingerprint density at radius 3 is 2.35 bits per heavy atom.